The molecule has 6 heteroatoms. The predicted molar refractivity (Wildman–Crippen MR) is 66.5 cm³/mol. The number of methoxy groups -OCH3 is 1. The Labute approximate surface area is 112 Å². The molecule has 0 radical (unpaired) electrons. The number of carbonyl (C=O) groups is 1. The molecule has 1 aromatic rings. The molecule has 0 atom stereocenters. The number of Topliss-reactive ketones (excluding diaryl/α,β-unsaturated/α-hetero) is 1. The Balaban J connectivity index is 2.67. The first-order chi connectivity index (χ1) is 7.54. The van der Waals surface area contributed by atoms with Gasteiger partial charge in [-0.15, -0.1) is 0 Å². The van der Waals surface area contributed by atoms with E-state index < -0.39 is 0 Å². The van der Waals surface area contributed by atoms with E-state index in [1.807, 2.05) is 0 Å². The van der Waals surface area contributed by atoms with Gasteiger partial charge in [-0.3, -0.25) is 4.79 Å². The Bertz CT molecular complexity index is 396. The average Bonchev–Trinajstić information content (AvgIpc) is 2.22. The molecule has 1 rings (SSSR count). The number of halogens is 3. The van der Waals surface area contributed by atoms with Crippen LogP contribution in [0.15, 0.2) is 16.6 Å². The van der Waals surface area contributed by atoms with Crippen LogP contribution in [-0.2, 0) is 9.53 Å². The van der Waals surface area contributed by atoms with Crippen LogP contribution >= 0.6 is 39.1 Å². The minimum absolute atomic E-state index is 0.0158. The molecule has 0 aromatic heterocycles. The molecule has 0 N–H and O–H groups in total. The summed E-state index contributed by atoms with van der Waals surface area (Å²) in [5.74, 6) is 0.205. The quantitative estimate of drug-likeness (QED) is 0.778. The van der Waals surface area contributed by atoms with E-state index in [0.717, 1.165) is 0 Å². The molecule has 0 saturated carbocycles. The third kappa shape index (κ3) is 3.94. The molecule has 0 unspecified atom stereocenters. The van der Waals surface area contributed by atoms with Crippen molar-refractivity contribution in [1.29, 1.82) is 0 Å². The van der Waals surface area contributed by atoms with Gasteiger partial charge in [-0.2, -0.15) is 0 Å². The number of ether oxygens (including phenoxy) is 2. The standard InChI is InChI=1S/C10H9BrCl2O3/c1-15-4-6(14)5-16-10-3-8(12)7(11)2-9(10)13/h2-3H,4-5H2,1H3. The van der Waals surface area contributed by atoms with Crippen molar-refractivity contribution in [2.75, 3.05) is 20.3 Å². The van der Waals surface area contributed by atoms with Crippen LogP contribution in [0.1, 0.15) is 0 Å². The smallest absolute Gasteiger partial charge is 0.195 e. The molecule has 0 bridgehead atoms. The fraction of sp³-hybridized carbons (Fsp3) is 0.300. The molecular formula is C10H9BrCl2O3. The second-order valence-electron chi connectivity index (χ2n) is 2.96. The van der Waals surface area contributed by atoms with Crippen LogP contribution in [0.5, 0.6) is 5.75 Å². The van der Waals surface area contributed by atoms with Crippen molar-refractivity contribution >= 4 is 44.9 Å². The second kappa shape index (κ2) is 6.45. The number of carbonyl (C=O) groups excluding carboxylic acids is 1. The Kier molecular flexibility index (Phi) is 5.55. The number of benzene rings is 1. The number of hydrogen-bond donors (Lipinski definition) is 0. The van der Waals surface area contributed by atoms with Gasteiger partial charge in [0.25, 0.3) is 0 Å². The van der Waals surface area contributed by atoms with Crippen molar-refractivity contribution in [3.63, 3.8) is 0 Å². The second-order valence-corrected chi connectivity index (χ2v) is 4.63. The Morgan fingerprint density at radius 3 is 2.62 bits per heavy atom. The van der Waals surface area contributed by atoms with E-state index in [9.17, 15) is 4.79 Å². The van der Waals surface area contributed by atoms with E-state index in [-0.39, 0.29) is 19.0 Å². The zero-order valence-electron chi connectivity index (χ0n) is 8.43. The minimum Gasteiger partial charge on any atom is -0.484 e. The summed E-state index contributed by atoms with van der Waals surface area (Å²) in [6.45, 7) is -0.0760. The summed E-state index contributed by atoms with van der Waals surface area (Å²) in [5.41, 5.74) is 0. The molecule has 88 valence electrons. The molecule has 0 fully saturated rings. The van der Waals surface area contributed by atoms with Gasteiger partial charge < -0.3 is 9.47 Å². The van der Waals surface area contributed by atoms with Gasteiger partial charge >= 0.3 is 0 Å². The number of rotatable bonds is 5. The zero-order chi connectivity index (χ0) is 12.1. The number of ketones is 1. The first-order valence-electron chi connectivity index (χ1n) is 4.32. The van der Waals surface area contributed by atoms with Crippen LogP contribution in [0.25, 0.3) is 0 Å². The van der Waals surface area contributed by atoms with E-state index >= 15 is 0 Å². The third-order valence-corrected chi connectivity index (χ3v) is 3.16. The first-order valence-corrected chi connectivity index (χ1v) is 5.87. The molecule has 3 nitrogen and oxygen atoms in total. The van der Waals surface area contributed by atoms with Gasteiger partial charge in [0.2, 0.25) is 0 Å². The highest BCUT2D eigenvalue weighted by Gasteiger charge is 2.09. The van der Waals surface area contributed by atoms with Crippen molar-refractivity contribution in [2.24, 2.45) is 0 Å². The van der Waals surface area contributed by atoms with Crippen LogP contribution < -0.4 is 4.74 Å². The summed E-state index contributed by atoms with van der Waals surface area (Å²) in [7, 11) is 1.45. The molecule has 0 amide bonds. The van der Waals surface area contributed by atoms with Crippen LogP contribution in [0.4, 0.5) is 0 Å². The maximum atomic E-state index is 11.1. The van der Waals surface area contributed by atoms with Crippen molar-refractivity contribution in [2.45, 2.75) is 0 Å². The first kappa shape index (κ1) is 13.8. The Hall–Kier alpha value is -0.290. The van der Waals surface area contributed by atoms with Crippen LogP contribution in [-0.4, -0.2) is 26.1 Å². The van der Waals surface area contributed by atoms with E-state index in [4.69, 9.17) is 27.9 Å². The van der Waals surface area contributed by atoms with E-state index in [2.05, 4.69) is 20.7 Å². The van der Waals surface area contributed by atoms with Crippen molar-refractivity contribution in [3.05, 3.63) is 26.7 Å². The minimum atomic E-state index is -0.169. The summed E-state index contributed by atoms with van der Waals surface area (Å²) >= 11 is 15.0. The lowest BCUT2D eigenvalue weighted by Crippen LogP contribution is -2.16. The van der Waals surface area contributed by atoms with Gasteiger partial charge in [0, 0.05) is 17.6 Å². The highest BCUT2D eigenvalue weighted by Crippen LogP contribution is 2.33. The summed E-state index contributed by atoms with van der Waals surface area (Å²) in [6, 6.07) is 3.16. The van der Waals surface area contributed by atoms with Crippen molar-refractivity contribution in [1.82, 2.24) is 0 Å². The molecule has 0 aliphatic heterocycles. The molecule has 0 heterocycles. The fourth-order valence-corrected chi connectivity index (χ4v) is 1.82. The maximum Gasteiger partial charge on any atom is 0.195 e. The number of hydrogen-bond acceptors (Lipinski definition) is 3. The molecular weight excluding hydrogens is 319 g/mol. The zero-order valence-corrected chi connectivity index (χ0v) is 11.5. The van der Waals surface area contributed by atoms with E-state index in [1.54, 1.807) is 12.1 Å². The van der Waals surface area contributed by atoms with Gasteiger partial charge in [0.05, 0.1) is 10.0 Å². The van der Waals surface area contributed by atoms with Crippen LogP contribution in [0.3, 0.4) is 0 Å². The lowest BCUT2D eigenvalue weighted by molar-refractivity contribution is -0.124. The normalized spacial score (nSPS) is 10.2. The third-order valence-electron chi connectivity index (χ3n) is 1.67. The summed E-state index contributed by atoms with van der Waals surface area (Å²) in [4.78, 5) is 11.1. The lowest BCUT2D eigenvalue weighted by atomic mass is 10.3. The molecule has 0 spiro atoms. The fourth-order valence-electron chi connectivity index (χ4n) is 0.976. The maximum absolute atomic E-state index is 11.1. The SMILES string of the molecule is COCC(=O)COc1cc(Cl)c(Br)cc1Cl. The van der Waals surface area contributed by atoms with Crippen LogP contribution in [0, 0.1) is 0 Å². The Morgan fingerprint density at radius 1 is 1.31 bits per heavy atom. The van der Waals surface area contributed by atoms with Gasteiger partial charge in [0.1, 0.15) is 19.0 Å². The molecule has 0 saturated heterocycles. The van der Waals surface area contributed by atoms with Gasteiger partial charge in [0.15, 0.2) is 5.78 Å². The van der Waals surface area contributed by atoms with Gasteiger partial charge in [-0.1, -0.05) is 23.2 Å². The van der Waals surface area contributed by atoms with Crippen molar-refractivity contribution < 1.29 is 14.3 Å². The van der Waals surface area contributed by atoms with Gasteiger partial charge in [-0.25, -0.2) is 0 Å². The molecule has 0 aliphatic carbocycles. The van der Waals surface area contributed by atoms with Crippen LogP contribution in [0.2, 0.25) is 10.0 Å². The molecule has 1 aromatic carbocycles. The summed E-state index contributed by atoms with van der Waals surface area (Å²) in [5, 5.41) is 0.861. The summed E-state index contributed by atoms with van der Waals surface area (Å²) < 4.78 is 10.6. The van der Waals surface area contributed by atoms with E-state index in [1.165, 1.54) is 7.11 Å². The monoisotopic (exact) mass is 326 g/mol. The van der Waals surface area contributed by atoms with Gasteiger partial charge in [-0.05, 0) is 22.0 Å². The summed E-state index contributed by atoms with van der Waals surface area (Å²) in [6.07, 6.45) is 0. The van der Waals surface area contributed by atoms with E-state index in [0.29, 0.717) is 20.3 Å². The predicted octanol–water partition coefficient (Wildman–Crippen LogP) is 3.35. The molecule has 16 heavy (non-hydrogen) atoms. The highest BCUT2D eigenvalue weighted by molar-refractivity contribution is 9.10. The largest absolute Gasteiger partial charge is 0.484 e. The highest BCUT2D eigenvalue weighted by atomic mass is 79.9. The average molecular weight is 328 g/mol. The Morgan fingerprint density at radius 2 is 2.00 bits per heavy atom. The lowest BCUT2D eigenvalue weighted by Gasteiger charge is -2.08. The van der Waals surface area contributed by atoms with Crippen molar-refractivity contribution in [3.8, 4) is 5.75 Å². The molecule has 0 aliphatic rings. The topological polar surface area (TPSA) is 35.5 Å².